The van der Waals surface area contributed by atoms with Gasteiger partial charge in [-0.25, -0.2) is 9.50 Å². The fourth-order valence-electron chi connectivity index (χ4n) is 3.11. The van der Waals surface area contributed by atoms with Crippen molar-refractivity contribution in [2.24, 2.45) is 5.92 Å². The van der Waals surface area contributed by atoms with E-state index in [2.05, 4.69) is 31.2 Å². The SMILES string of the molecule is CC1NNCC1C(=O)NCCc1cc2nc(-c3ccncc3)ccn2n1. The Kier molecular flexibility index (Phi) is 4.59. The second kappa shape index (κ2) is 7.19. The maximum Gasteiger partial charge on any atom is 0.226 e. The molecular formula is C18H21N7O. The summed E-state index contributed by atoms with van der Waals surface area (Å²) in [4.78, 5) is 20.9. The lowest BCUT2D eigenvalue weighted by atomic mass is 10.0. The monoisotopic (exact) mass is 351 g/mol. The van der Waals surface area contributed by atoms with Gasteiger partial charge in [-0.1, -0.05) is 0 Å². The largest absolute Gasteiger partial charge is 0.355 e. The smallest absolute Gasteiger partial charge is 0.226 e. The van der Waals surface area contributed by atoms with Gasteiger partial charge in [-0.2, -0.15) is 5.10 Å². The highest BCUT2D eigenvalue weighted by Crippen LogP contribution is 2.17. The molecule has 4 rings (SSSR count). The average molecular weight is 351 g/mol. The summed E-state index contributed by atoms with van der Waals surface area (Å²) in [5.41, 5.74) is 9.66. The summed E-state index contributed by atoms with van der Waals surface area (Å²) in [5, 5.41) is 7.51. The normalized spacial score (nSPS) is 19.7. The van der Waals surface area contributed by atoms with E-state index in [9.17, 15) is 4.79 Å². The molecule has 1 aliphatic rings. The molecule has 26 heavy (non-hydrogen) atoms. The third-order valence-electron chi connectivity index (χ3n) is 4.62. The molecule has 8 heteroatoms. The lowest BCUT2D eigenvalue weighted by Crippen LogP contribution is -2.38. The Hall–Kier alpha value is -2.84. The fraction of sp³-hybridized carbons (Fsp3) is 0.333. The van der Waals surface area contributed by atoms with Gasteiger partial charge in [0.05, 0.1) is 17.3 Å². The molecule has 4 heterocycles. The highest BCUT2D eigenvalue weighted by molar-refractivity contribution is 5.79. The van der Waals surface area contributed by atoms with Gasteiger partial charge < -0.3 is 5.32 Å². The molecule has 2 atom stereocenters. The highest BCUT2D eigenvalue weighted by Gasteiger charge is 2.28. The van der Waals surface area contributed by atoms with E-state index in [-0.39, 0.29) is 17.9 Å². The second-order valence-corrected chi connectivity index (χ2v) is 6.45. The summed E-state index contributed by atoms with van der Waals surface area (Å²) in [7, 11) is 0. The molecule has 0 bridgehead atoms. The van der Waals surface area contributed by atoms with Crippen LogP contribution >= 0.6 is 0 Å². The molecule has 2 unspecified atom stereocenters. The van der Waals surface area contributed by atoms with Crippen molar-refractivity contribution in [2.45, 2.75) is 19.4 Å². The molecule has 3 aromatic rings. The van der Waals surface area contributed by atoms with Gasteiger partial charge in [-0.3, -0.25) is 20.6 Å². The number of nitrogens with zero attached hydrogens (tertiary/aromatic N) is 4. The van der Waals surface area contributed by atoms with E-state index in [1.807, 2.05) is 37.4 Å². The predicted molar refractivity (Wildman–Crippen MR) is 97.0 cm³/mol. The molecule has 3 aromatic heterocycles. The van der Waals surface area contributed by atoms with E-state index >= 15 is 0 Å². The number of hydrogen-bond acceptors (Lipinski definition) is 6. The average Bonchev–Trinajstić information content (AvgIpc) is 3.27. The van der Waals surface area contributed by atoms with E-state index in [0.717, 1.165) is 22.6 Å². The molecule has 0 aromatic carbocycles. The number of carbonyl (C=O) groups excluding carboxylic acids is 1. The first-order valence-electron chi connectivity index (χ1n) is 8.72. The van der Waals surface area contributed by atoms with E-state index in [1.54, 1.807) is 16.9 Å². The van der Waals surface area contributed by atoms with Gasteiger partial charge in [0.25, 0.3) is 0 Å². The molecule has 0 spiro atoms. The number of hydrogen-bond donors (Lipinski definition) is 3. The first-order valence-corrected chi connectivity index (χ1v) is 8.72. The van der Waals surface area contributed by atoms with E-state index in [4.69, 9.17) is 0 Å². The number of carbonyl (C=O) groups is 1. The molecule has 134 valence electrons. The van der Waals surface area contributed by atoms with Crippen molar-refractivity contribution < 1.29 is 4.79 Å². The molecule has 8 nitrogen and oxygen atoms in total. The second-order valence-electron chi connectivity index (χ2n) is 6.45. The molecule has 0 radical (unpaired) electrons. The fourth-order valence-corrected chi connectivity index (χ4v) is 3.11. The maximum absolute atomic E-state index is 12.2. The third kappa shape index (κ3) is 3.42. The summed E-state index contributed by atoms with van der Waals surface area (Å²) in [5.74, 6) is 0.0255. The molecule has 0 saturated carbocycles. The van der Waals surface area contributed by atoms with Crippen LogP contribution in [0.25, 0.3) is 16.9 Å². The van der Waals surface area contributed by atoms with Crippen LogP contribution in [0.15, 0.2) is 42.9 Å². The first kappa shape index (κ1) is 16.6. The van der Waals surface area contributed by atoms with Crippen molar-refractivity contribution in [3.05, 3.63) is 48.5 Å². The zero-order chi connectivity index (χ0) is 17.9. The van der Waals surface area contributed by atoms with Crippen molar-refractivity contribution in [3.63, 3.8) is 0 Å². The lowest BCUT2D eigenvalue weighted by molar-refractivity contribution is -0.124. The maximum atomic E-state index is 12.2. The van der Waals surface area contributed by atoms with Crippen LogP contribution in [0.2, 0.25) is 0 Å². The van der Waals surface area contributed by atoms with Crippen LogP contribution in [0.5, 0.6) is 0 Å². The minimum Gasteiger partial charge on any atom is -0.355 e. The van der Waals surface area contributed by atoms with Crippen molar-refractivity contribution in [3.8, 4) is 11.3 Å². The quantitative estimate of drug-likeness (QED) is 0.622. The van der Waals surface area contributed by atoms with Crippen LogP contribution in [0.4, 0.5) is 0 Å². The summed E-state index contributed by atoms with van der Waals surface area (Å²) in [6.07, 6.45) is 6.07. The Balaban J connectivity index is 1.40. The first-order chi connectivity index (χ1) is 12.7. The zero-order valence-corrected chi connectivity index (χ0v) is 14.5. The number of nitrogens with one attached hydrogen (secondary N) is 3. The molecule has 1 aliphatic heterocycles. The van der Waals surface area contributed by atoms with Gasteiger partial charge in [-0.15, -0.1) is 0 Å². The van der Waals surface area contributed by atoms with Gasteiger partial charge in [0.1, 0.15) is 0 Å². The molecule has 1 amide bonds. The van der Waals surface area contributed by atoms with E-state index in [0.29, 0.717) is 19.5 Å². The summed E-state index contributed by atoms with van der Waals surface area (Å²) in [6, 6.07) is 7.89. The number of rotatable bonds is 5. The van der Waals surface area contributed by atoms with Gasteiger partial charge in [0.15, 0.2) is 5.65 Å². The summed E-state index contributed by atoms with van der Waals surface area (Å²) < 4.78 is 1.76. The zero-order valence-electron chi connectivity index (χ0n) is 14.5. The minimum atomic E-state index is -0.0411. The van der Waals surface area contributed by atoms with Crippen molar-refractivity contribution in [1.82, 2.24) is 35.8 Å². The van der Waals surface area contributed by atoms with E-state index in [1.165, 1.54) is 0 Å². The Morgan fingerprint density at radius 3 is 2.96 bits per heavy atom. The van der Waals surface area contributed by atoms with Crippen molar-refractivity contribution >= 4 is 11.6 Å². The van der Waals surface area contributed by atoms with Crippen LogP contribution in [0, 0.1) is 5.92 Å². The van der Waals surface area contributed by atoms with Gasteiger partial charge >= 0.3 is 0 Å². The van der Waals surface area contributed by atoms with Gasteiger partial charge in [0.2, 0.25) is 5.91 Å². The number of amides is 1. The van der Waals surface area contributed by atoms with Crippen LogP contribution in [-0.2, 0) is 11.2 Å². The molecular weight excluding hydrogens is 330 g/mol. The summed E-state index contributed by atoms with van der Waals surface area (Å²) >= 11 is 0. The Bertz CT molecular complexity index is 908. The van der Waals surface area contributed by atoms with Crippen LogP contribution in [-0.4, -0.2) is 44.6 Å². The Morgan fingerprint density at radius 2 is 2.19 bits per heavy atom. The van der Waals surface area contributed by atoms with E-state index < -0.39 is 0 Å². The molecule has 1 saturated heterocycles. The molecule has 0 aliphatic carbocycles. The highest BCUT2D eigenvalue weighted by atomic mass is 16.2. The molecule has 3 N–H and O–H groups in total. The third-order valence-corrected chi connectivity index (χ3v) is 4.62. The van der Waals surface area contributed by atoms with Crippen LogP contribution < -0.4 is 16.2 Å². The van der Waals surface area contributed by atoms with Crippen LogP contribution in [0.3, 0.4) is 0 Å². The lowest BCUT2D eigenvalue weighted by Gasteiger charge is -2.13. The number of pyridine rings is 1. The van der Waals surface area contributed by atoms with Crippen LogP contribution in [0.1, 0.15) is 12.6 Å². The number of aromatic nitrogens is 4. The van der Waals surface area contributed by atoms with Crippen molar-refractivity contribution in [2.75, 3.05) is 13.1 Å². The van der Waals surface area contributed by atoms with Crippen molar-refractivity contribution in [1.29, 1.82) is 0 Å². The predicted octanol–water partition coefficient (Wildman–Crippen LogP) is 0.563. The summed E-state index contributed by atoms with van der Waals surface area (Å²) in [6.45, 7) is 3.21. The Labute approximate surface area is 151 Å². The Morgan fingerprint density at radius 1 is 1.35 bits per heavy atom. The van der Waals surface area contributed by atoms with Gasteiger partial charge in [0, 0.05) is 55.8 Å². The number of hydrazine groups is 1. The standard InChI is InChI=1S/C18H21N7O/c1-12-15(11-21-23-12)18(26)20-8-4-14-10-17-22-16(5-9-25(17)24-14)13-2-6-19-7-3-13/h2-3,5-7,9-10,12,15,21,23H,4,8,11H2,1H3,(H,20,26). The number of fused-ring (bicyclic) bond motifs is 1. The molecule has 1 fully saturated rings. The minimum absolute atomic E-state index is 0.0411. The topological polar surface area (TPSA) is 96.2 Å². The van der Waals surface area contributed by atoms with Gasteiger partial charge in [-0.05, 0) is 25.1 Å².